The smallest absolute Gasteiger partial charge is 0.253 e. The van der Waals surface area contributed by atoms with Crippen molar-refractivity contribution in [3.8, 4) is 11.1 Å². The second kappa shape index (κ2) is 4.82. The average molecular weight is 268 g/mol. The topological polar surface area (TPSA) is 41.1 Å². The lowest BCUT2D eigenvalue weighted by atomic mass is 10.0. The van der Waals surface area contributed by atoms with E-state index in [1.807, 2.05) is 42.5 Å². The number of benzene rings is 2. The van der Waals surface area contributed by atoms with Crippen LogP contribution in [0.2, 0.25) is 0 Å². The molecule has 2 N–H and O–H groups in total. The molecule has 19 heavy (non-hydrogen) atoms. The van der Waals surface area contributed by atoms with Crippen LogP contribution in [0.1, 0.15) is 11.6 Å². The van der Waals surface area contributed by atoms with Crippen LogP contribution < -0.4 is 10.6 Å². The third-order valence-corrected chi connectivity index (χ3v) is 3.35. The zero-order valence-electron chi connectivity index (χ0n) is 10.1. The van der Waals surface area contributed by atoms with E-state index in [1.165, 1.54) is 0 Å². The van der Waals surface area contributed by atoms with Gasteiger partial charge in [0.15, 0.2) is 5.11 Å². The highest BCUT2D eigenvalue weighted by atomic mass is 32.1. The predicted octanol–water partition coefficient (Wildman–Crippen LogP) is 2.40. The van der Waals surface area contributed by atoms with Gasteiger partial charge in [-0.1, -0.05) is 54.6 Å². The van der Waals surface area contributed by atoms with Crippen molar-refractivity contribution in [2.45, 2.75) is 6.04 Å². The fraction of sp³-hybridized carbons (Fsp3) is 0.0667. The van der Waals surface area contributed by atoms with Crippen LogP contribution in [0.3, 0.4) is 0 Å². The lowest BCUT2D eigenvalue weighted by Crippen LogP contribution is -2.21. The maximum absolute atomic E-state index is 11.7. The highest BCUT2D eigenvalue weighted by molar-refractivity contribution is 7.80. The summed E-state index contributed by atoms with van der Waals surface area (Å²) >= 11 is 4.93. The van der Waals surface area contributed by atoms with E-state index in [9.17, 15) is 4.79 Å². The molecule has 0 saturated carbocycles. The first-order chi connectivity index (χ1) is 9.24. The van der Waals surface area contributed by atoms with E-state index in [0.29, 0.717) is 5.11 Å². The molecule has 1 unspecified atom stereocenters. The summed E-state index contributed by atoms with van der Waals surface area (Å²) in [7, 11) is 0. The van der Waals surface area contributed by atoms with E-state index in [2.05, 4.69) is 22.8 Å². The highest BCUT2D eigenvalue weighted by Gasteiger charge is 2.28. The summed E-state index contributed by atoms with van der Waals surface area (Å²) in [5.74, 6) is -0.0996. The molecule has 0 radical (unpaired) electrons. The van der Waals surface area contributed by atoms with Crippen LogP contribution in [-0.2, 0) is 4.79 Å². The maximum atomic E-state index is 11.7. The molecule has 4 heteroatoms. The van der Waals surface area contributed by atoms with Gasteiger partial charge < -0.3 is 10.6 Å². The van der Waals surface area contributed by atoms with E-state index in [1.54, 1.807) is 0 Å². The van der Waals surface area contributed by atoms with Crippen molar-refractivity contribution in [3.05, 3.63) is 60.2 Å². The normalized spacial score (nSPS) is 18.0. The molecular formula is C15H12N2OS. The van der Waals surface area contributed by atoms with Gasteiger partial charge in [0.1, 0.15) is 6.04 Å². The molecule has 2 aromatic rings. The molecule has 0 aromatic heterocycles. The highest BCUT2D eigenvalue weighted by Crippen LogP contribution is 2.23. The van der Waals surface area contributed by atoms with Gasteiger partial charge >= 0.3 is 0 Å². The molecule has 1 heterocycles. The van der Waals surface area contributed by atoms with Crippen LogP contribution in [0.4, 0.5) is 0 Å². The minimum absolute atomic E-state index is 0.0996. The van der Waals surface area contributed by atoms with Gasteiger partial charge in [0, 0.05) is 0 Å². The number of hydrogen-bond acceptors (Lipinski definition) is 2. The van der Waals surface area contributed by atoms with Gasteiger partial charge in [-0.3, -0.25) is 4.79 Å². The van der Waals surface area contributed by atoms with Gasteiger partial charge in [0.2, 0.25) is 0 Å². The van der Waals surface area contributed by atoms with Crippen LogP contribution in [0.25, 0.3) is 11.1 Å². The molecular weight excluding hydrogens is 256 g/mol. The Labute approximate surface area is 116 Å². The minimum atomic E-state index is -0.377. The Morgan fingerprint density at radius 2 is 1.53 bits per heavy atom. The summed E-state index contributed by atoms with van der Waals surface area (Å²) in [5, 5.41) is 5.93. The number of rotatable bonds is 2. The quantitative estimate of drug-likeness (QED) is 0.822. The van der Waals surface area contributed by atoms with Crippen LogP contribution >= 0.6 is 12.2 Å². The van der Waals surface area contributed by atoms with Gasteiger partial charge in [0.05, 0.1) is 0 Å². The second-order valence-corrected chi connectivity index (χ2v) is 4.79. The molecule has 0 aliphatic carbocycles. The molecule has 2 aromatic carbocycles. The lowest BCUT2D eigenvalue weighted by Gasteiger charge is -2.09. The molecule has 1 amide bonds. The molecule has 0 spiro atoms. The standard InChI is InChI=1S/C15H12N2OS/c18-14-13(16-15(19)17-14)12-8-6-11(7-9-12)10-4-2-1-3-5-10/h1-9,13H,(H2,16,17,18,19). The fourth-order valence-corrected chi connectivity index (χ4v) is 2.37. The van der Waals surface area contributed by atoms with Gasteiger partial charge in [0.25, 0.3) is 5.91 Å². The second-order valence-electron chi connectivity index (χ2n) is 4.38. The van der Waals surface area contributed by atoms with E-state index in [-0.39, 0.29) is 11.9 Å². The molecule has 1 atom stereocenters. The third-order valence-electron chi connectivity index (χ3n) is 3.13. The largest absolute Gasteiger partial charge is 0.347 e. The number of carbonyl (C=O) groups excluding carboxylic acids is 1. The molecule has 0 bridgehead atoms. The summed E-state index contributed by atoms with van der Waals surface area (Å²) in [4.78, 5) is 11.7. The SMILES string of the molecule is O=C1NC(=S)NC1c1ccc(-c2ccccc2)cc1. The zero-order chi connectivity index (χ0) is 13.2. The summed E-state index contributed by atoms with van der Waals surface area (Å²) in [6, 6.07) is 17.7. The summed E-state index contributed by atoms with van der Waals surface area (Å²) in [5.41, 5.74) is 3.20. The minimum Gasteiger partial charge on any atom is -0.347 e. The first-order valence-electron chi connectivity index (χ1n) is 6.01. The maximum Gasteiger partial charge on any atom is 0.253 e. The Hall–Kier alpha value is -2.20. The molecule has 1 aliphatic rings. The fourth-order valence-electron chi connectivity index (χ4n) is 2.15. The molecule has 1 fully saturated rings. The van der Waals surface area contributed by atoms with Gasteiger partial charge in [-0.25, -0.2) is 0 Å². The van der Waals surface area contributed by atoms with E-state index < -0.39 is 0 Å². The van der Waals surface area contributed by atoms with Crippen molar-refractivity contribution in [3.63, 3.8) is 0 Å². The van der Waals surface area contributed by atoms with Gasteiger partial charge in [-0.15, -0.1) is 0 Å². The number of thiocarbonyl (C=S) groups is 1. The molecule has 3 nitrogen and oxygen atoms in total. The van der Waals surface area contributed by atoms with Crippen molar-refractivity contribution >= 4 is 23.2 Å². The number of carbonyl (C=O) groups is 1. The first kappa shape index (κ1) is 11.9. The Bertz CT molecular complexity index is 622. The van der Waals surface area contributed by atoms with Crippen LogP contribution in [0.5, 0.6) is 0 Å². The zero-order valence-corrected chi connectivity index (χ0v) is 10.9. The Morgan fingerprint density at radius 1 is 0.895 bits per heavy atom. The van der Waals surface area contributed by atoms with Crippen molar-refractivity contribution in [1.82, 2.24) is 10.6 Å². The monoisotopic (exact) mass is 268 g/mol. The van der Waals surface area contributed by atoms with Crippen molar-refractivity contribution < 1.29 is 4.79 Å². The summed E-state index contributed by atoms with van der Waals surface area (Å²) in [6.45, 7) is 0. The Morgan fingerprint density at radius 3 is 2.11 bits per heavy atom. The molecule has 3 rings (SSSR count). The average Bonchev–Trinajstić information content (AvgIpc) is 2.79. The molecule has 94 valence electrons. The predicted molar refractivity (Wildman–Crippen MR) is 78.5 cm³/mol. The Balaban J connectivity index is 1.87. The number of nitrogens with one attached hydrogen (secondary N) is 2. The first-order valence-corrected chi connectivity index (χ1v) is 6.41. The van der Waals surface area contributed by atoms with Crippen molar-refractivity contribution in [2.75, 3.05) is 0 Å². The molecule has 1 saturated heterocycles. The molecule has 1 aliphatic heterocycles. The van der Waals surface area contributed by atoms with Crippen LogP contribution in [0.15, 0.2) is 54.6 Å². The number of amides is 1. The van der Waals surface area contributed by atoms with Gasteiger partial charge in [-0.05, 0) is 28.9 Å². The van der Waals surface area contributed by atoms with Gasteiger partial charge in [-0.2, -0.15) is 0 Å². The van der Waals surface area contributed by atoms with E-state index in [4.69, 9.17) is 12.2 Å². The summed E-state index contributed by atoms with van der Waals surface area (Å²) in [6.07, 6.45) is 0. The van der Waals surface area contributed by atoms with Crippen molar-refractivity contribution in [2.24, 2.45) is 0 Å². The Kier molecular flexibility index (Phi) is 3.01. The van der Waals surface area contributed by atoms with E-state index in [0.717, 1.165) is 16.7 Å². The van der Waals surface area contributed by atoms with Crippen molar-refractivity contribution in [1.29, 1.82) is 0 Å². The lowest BCUT2D eigenvalue weighted by molar-refractivity contribution is -0.120. The number of hydrogen-bond donors (Lipinski definition) is 2. The summed E-state index contributed by atoms with van der Waals surface area (Å²) < 4.78 is 0. The van der Waals surface area contributed by atoms with E-state index >= 15 is 0 Å². The van der Waals surface area contributed by atoms with Crippen LogP contribution in [-0.4, -0.2) is 11.0 Å². The third kappa shape index (κ3) is 2.35. The van der Waals surface area contributed by atoms with Crippen LogP contribution in [0, 0.1) is 0 Å².